The third-order valence-corrected chi connectivity index (χ3v) is 9.59. The number of allylic oxidation sites excluding steroid dienone is 1. The van der Waals surface area contributed by atoms with Gasteiger partial charge in [-0.3, -0.25) is 14.6 Å². The molecule has 1 saturated carbocycles. The van der Waals surface area contributed by atoms with E-state index in [1.165, 1.54) is 22.6 Å². The largest absolute Gasteiger partial charge is 0.497 e. The first-order chi connectivity index (χ1) is 24.0. The molecule has 256 valence electrons. The number of fused-ring (bicyclic) bond motifs is 2. The predicted molar refractivity (Wildman–Crippen MR) is 189 cm³/mol. The van der Waals surface area contributed by atoms with Gasteiger partial charge in [-0.05, 0) is 87.3 Å². The number of hydrogen-bond acceptors (Lipinski definition) is 12. The molecule has 2 amide bonds. The highest BCUT2D eigenvalue weighted by molar-refractivity contribution is 7.17. The number of carbonyl (C=O) groups is 2. The molecular weight excluding hydrogens is 643 g/mol. The second kappa shape index (κ2) is 15.9. The van der Waals surface area contributed by atoms with E-state index in [9.17, 15) is 9.59 Å². The Balaban J connectivity index is 1.02. The number of methoxy groups -OCH3 is 1. The highest BCUT2D eigenvalue weighted by Crippen LogP contribution is 2.36. The van der Waals surface area contributed by atoms with E-state index in [-0.39, 0.29) is 30.2 Å². The van der Waals surface area contributed by atoms with Gasteiger partial charge in [0.05, 0.1) is 24.9 Å². The smallest absolute Gasteiger partial charge is 0.266 e. The van der Waals surface area contributed by atoms with Gasteiger partial charge in [-0.25, -0.2) is 15.5 Å². The van der Waals surface area contributed by atoms with E-state index in [4.69, 9.17) is 20.0 Å². The third-order valence-electron chi connectivity index (χ3n) is 8.50. The Morgan fingerprint density at radius 2 is 1.98 bits per heavy atom. The van der Waals surface area contributed by atoms with Crippen LogP contribution in [0.5, 0.6) is 11.6 Å². The van der Waals surface area contributed by atoms with Crippen LogP contribution >= 0.6 is 11.3 Å². The molecule has 1 aromatic carbocycles. The number of carbonyl (C=O) groups excluding carboxylic acids is 2. The summed E-state index contributed by atoms with van der Waals surface area (Å²) in [5, 5.41) is 17.7. The summed E-state index contributed by atoms with van der Waals surface area (Å²) >= 11 is 1.21. The molecule has 0 saturated heterocycles. The molecular formula is C35H41N9O4S. The second-order valence-electron chi connectivity index (χ2n) is 12.0. The molecule has 3 aromatic heterocycles. The SMILES string of the molecule is CNC(=O)c1sc(-c2ccnc(NC(=O)C3CC3)c2)nc1OCCC/C(=C/NCCNc1c2c(nc3ccc(OC)cc13)CCCC2)N=N. The lowest BCUT2D eigenvalue weighted by Crippen LogP contribution is -2.20. The van der Waals surface area contributed by atoms with Gasteiger partial charge < -0.3 is 30.7 Å². The van der Waals surface area contributed by atoms with Crippen LogP contribution in [0.15, 0.2) is 53.5 Å². The Kier molecular flexibility index (Phi) is 10.9. The first-order valence-corrected chi connectivity index (χ1v) is 17.4. The van der Waals surface area contributed by atoms with Gasteiger partial charge in [0.25, 0.3) is 5.91 Å². The number of aryl methyl sites for hydroxylation is 1. The number of benzene rings is 1. The lowest BCUT2D eigenvalue weighted by Gasteiger charge is -2.22. The van der Waals surface area contributed by atoms with Crippen molar-refractivity contribution in [2.75, 3.05) is 44.5 Å². The summed E-state index contributed by atoms with van der Waals surface area (Å²) in [4.78, 5) is 39.0. The quantitative estimate of drug-likeness (QED) is 0.0692. The molecule has 14 heteroatoms. The van der Waals surface area contributed by atoms with Gasteiger partial charge in [-0.15, -0.1) is 11.3 Å². The molecule has 13 nitrogen and oxygen atoms in total. The Bertz CT molecular complexity index is 1870. The lowest BCUT2D eigenvalue weighted by molar-refractivity contribution is -0.117. The average molecular weight is 684 g/mol. The zero-order valence-corrected chi connectivity index (χ0v) is 28.5. The van der Waals surface area contributed by atoms with Crippen LogP contribution < -0.4 is 30.7 Å². The van der Waals surface area contributed by atoms with Crippen LogP contribution in [0.1, 0.15) is 59.5 Å². The molecule has 0 bridgehead atoms. The molecule has 5 N–H and O–H groups in total. The van der Waals surface area contributed by atoms with Gasteiger partial charge in [0.1, 0.15) is 16.6 Å². The number of pyridine rings is 2. The van der Waals surface area contributed by atoms with Gasteiger partial charge in [0.2, 0.25) is 11.8 Å². The molecule has 0 radical (unpaired) electrons. The fourth-order valence-corrected chi connectivity index (χ4v) is 6.71. The summed E-state index contributed by atoms with van der Waals surface area (Å²) in [6.45, 7) is 1.59. The van der Waals surface area contributed by atoms with E-state index >= 15 is 0 Å². The predicted octanol–water partition coefficient (Wildman–Crippen LogP) is 6.08. The maximum atomic E-state index is 12.6. The lowest BCUT2D eigenvalue weighted by atomic mass is 9.92. The minimum absolute atomic E-state index is 0.0307. The van der Waals surface area contributed by atoms with Crippen molar-refractivity contribution in [2.24, 2.45) is 11.0 Å². The van der Waals surface area contributed by atoms with E-state index in [1.54, 1.807) is 38.7 Å². The molecule has 1 fully saturated rings. The zero-order chi connectivity index (χ0) is 34.2. The third kappa shape index (κ3) is 8.31. The molecule has 0 spiro atoms. The van der Waals surface area contributed by atoms with Crippen LogP contribution in [0.25, 0.3) is 21.5 Å². The van der Waals surface area contributed by atoms with E-state index < -0.39 is 0 Å². The number of rotatable bonds is 16. The number of nitrogens with zero attached hydrogens (tertiary/aromatic N) is 4. The summed E-state index contributed by atoms with van der Waals surface area (Å²) in [7, 11) is 3.23. The normalized spacial score (nSPS) is 14.1. The second-order valence-corrected chi connectivity index (χ2v) is 13.0. The summed E-state index contributed by atoms with van der Waals surface area (Å²) in [6.07, 6.45) is 10.6. The van der Waals surface area contributed by atoms with Crippen molar-refractivity contribution in [1.29, 1.82) is 5.53 Å². The molecule has 4 aromatic rings. The maximum Gasteiger partial charge on any atom is 0.266 e. The molecule has 0 aliphatic heterocycles. The summed E-state index contributed by atoms with van der Waals surface area (Å²) < 4.78 is 11.4. The first-order valence-electron chi connectivity index (χ1n) is 16.6. The van der Waals surface area contributed by atoms with E-state index in [1.807, 2.05) is 18.2 Å². The van der Waals surface area contributed by atoms with Gasteiger partial charge in [-0.2, -0.15) is 5.11 Å². The van der Waals surface area contributed by atoms with Crippen molar-refractivity contribution in [1.82, 2.24) is 25.6 Å². The molecule has 49 heavy (non-hydrogen) atoms. The van der Waals surface area contributed by atoms with Crippen LogP contribution in [0.2, 0.25) is 0 Å². The van der Waals surface area contributed by atoms with Crippen molar-refractivity contribution in [2.45, 2.75) is 51.4 Å². The van der Waals surface area contributed by atoms with Crippen molar-refractivity contribution in [3.8, 4) is 22.2 Å². The Labute approximate surface area is 288 Å². The number of amides is 2. The molecule has 2 aliphatic carbocycles. The average Bonchev–Trinajstić information content (AvgIpc) is 3.91. The molecule has 6 rings (SSSR count). The highest BCUT2D eigenvalue weighted by Gasteiger charge is 2.30. The highest BCUT2D eigenvalue weighted by atomic mass is 32.1. The van der Waals surface area contributed by atoms with Crippen LogP contribution in [-0.2, 0) is 17.6 Å². The Morgan fingerprint density at radius 1 is 1.12 bits per heavy atom. The molecule has 2 aliphatic rings. The summed E-state index contributed by atoms with van der Waals surface area (Å²) in [5.41, 5.74) is 13.5. The van der Waals surface area contributed by atoms with E-state index in [0.717, 1.165) is 66.4 Å². The van der Waals surface area contributed by atoms with Crippen LogP contribution in [0.3, 0.4) is 0 Å². The van der Waals surface area contributed by atoms with Gasteiger partial charge in [-0.1, -0.05) is 0 Å². The number of nitrogens with one attached hydrogen (secondary N) is 5. The zero-order valence-electron chi connectivity index (χ0n) is 27.7. The van der Waals surface area contributed by atoms with Crippen LogP contribution in [-0.4, -0.2) is 60.6 Å². The maximum absolute atomic E-state index is 12.6. The number of hydrogen-bond donors (Lipinski definition) is 5. The number of thiazole rings is 1. The standard InChI is InChI=1S/C35H41N9O4S/c1-37-33(46)31-34(43-35(49-31)22-13-14-39-29(18-22)42-32(45)21-9-10-21)48-17-5-6-23(44-36)20-38-15-16-40-30-25-7-3-4-8-27(25)41-28-12-11-24(47-2)19-26(28)30/h11-14,18-21,36,38H,3-10,15-17H2,1-2H3,(H,37,46)(H,40,41)(H,39,42,45)/b23-20-,44-36?. The van der Waals surface area contributed by atoms with Crippen LogP contribution in [0.4, 0.5) is 11.5 Å². The molecule has 3 heterocycles. The first kappa shape index (κ1) is 33.8. The minimum Gasteiger partial charge on any atom is -0.497 e. The summed E-state index contributed by atoms with van der Waals surface area (Å²) in [6, 6.07) is 9.54. The minimum atomic E-state index is -0.297. The molecule has 0 atom stereocenters. The van der Waals surface area contributed by atoms with Crippen LogP contribution in [0, 0.1) is 11.4 Å². The van der Waals surface area contributed by atoms with Crippen molar-refractivity contribution >= 4 is 45.6 Å². The van der Waals surface area contributed by atoms with Crippen molar-refractivity contribution < 1.29 is 19.1 Å². The Hall–Kier alpha value is -5.11. The van der Waals surface area contributed by atoms with Gasteiger partial charge in [0.15, 0.2) is 4.88 Å². The van der Waals surface area contributed by atoms with E-state index in [0.29, 0.717) is 47.3 Å². The van der Waals surface area contributed by atoms with E-state index in [2.05, 4.69) is 36.3 Å². The number of anilines is 2. The number of ether oxygens (including phenoxy) is 2. The van der Waals surface area contributed by atoms with Gasteiger partial charge >= 0.3 is 0 Å². The summed E-state index contributed by atoms with van der Waals surface area (Å²) in [5.74, 6) is 1.22. The number of aromatic nitrogens is 3. The topological polar surface area (TPSA) is 176 Å². The monoisotopic (exact) mass is 683 g/mol. The Morgan fingerprint density at radius 3 is 2.78 bits per heavy atom. The van der Waals surface area contributed by atoms with Gasteiger partial charge in [0, 0.05) is 60.8 Å². The van der Waals surface area contributed by atoms with Crippen molar-refractivity contribution in [3.63, 3.8) is 0 Å². The van der Waals surface area contributed by atoms with Crippen molar-refractivity contribution in [3.05, 3.63) is 64.6 Å². The fourth-order valence-electron chi connectivity index (χ4n) is 5.75. The molecule has 0 unspecified atom stereocenters. The fraction of sp³-hybridized carbons (Fsp3) is 0.400.